The van der Waals surface area contributed by atoms with Crippen LogP contribution in [-0.4, -0.2) is 62.5 Å². The third-order valence-electron chi connectivity index (χ3n) is 4.81. The molecule has 0 aliphatic carbocycles. The van der Waals surface area contributed by atoms with Gasteiger partial charge in [-0.3, -0.25) is 18.9 Å². The number of nitrogens with one attached hydrogen (secondary N) is 1. The number of fused-ring (bicyclic) bond motifs is 1. The number of thioether (sulfide) groups is 1. The van der Waals surface area contributed by atoms with E-state index in [1.54, 1.807) is 19.4 Å². The number of amides is 1. The van der Waals surface area contributed by atoms with Crippen LogP contribution in [0.25, 0.3) is 11.7 Å². The molecule has 1 aliphatic rings. The molecule has 160 valence electrons. The molecule has 10 heteroatoms. The van der Waals surface area contributed by atoms with Gasteiger partial charge in [-0.05, 0) is 31.1 Å². The molecule has 3 rings (SSSR count). The van der Waals surface area contributed by atoms with E-state index in [9.17, 15) is 14.7 Å². The van der Waals surface area contributed by atoms with Crippen molar-refractivity contribution in [1.82, 2.24) is 14.3 Å². The summed E-state index contributed by atoms with van der Waals surface area (Å²) in [6, 6.07) is 3.37. The number of ether oxygens (including phenoxy) is 1. The van der Waals surface area contributed by atoms with E-state index >= 15 is 0 Å². The highest BCUT2D eigenvalue weighted by atomic mass is 32.2. The van der Waals surface area contributed by atoms with Crippen LogP contribution in [0.4, 0.5) is 5.82 Å². The number of aryl methyl sites for hydroxylation is 1. The van der Waals surface area contributed by atoms with Gasteiger partial charge < -0.3 is 15.2 Å². The summed E-state index contributed by atoms with van der Waals surface area (Å²) >= 11 is 6.46. The van der Waals surface area contributed by atoms with E-state index < -0.39 is 0 Å². The normalized spacial score (nSPS) is 16.7. The molecule has 0 spiro atoms. The third-order valence-corrected chi connectivity index (χ3v) is 6.18. The fourth-order valence-electron chi connectivity index (χ4n) is 3.03. The second-order valence-electron chi connectivity index (χ2n) is 6.82. The van der Waals surface area contributed by atoms with E-state index in [4.69, 9.17) is 17.0 Å². The summed E-state index contributed by atoms with van der Waals surface area (Å²) in [5.74, 6) is 0.0632. The van der Waals surface area contributed by atoms with Crippen molar-refractivity contribution in [2.45, 2.75) is 26.3 Å². The summed E-state index contributed by atoms with van der Waals surface area (Å²) in [4.78, 5) is 32.5. The van der Waals surface area contributed by atoms with E-state index in [1.807, 2.05) is 19.9 Å². The van der Waals surface area contributed by atoms with Crippen LogP contribution in [0.2, 0.25) is 0 Å². The van der Waals surface area contributed by atoms with E-state index in [2.05, 4.69) is 10.3 Å². The zero-order chi connectivity index (χ0) is 21.8. The first-order chi connectivity index (χ1) is 14.4. The number of hydrogen-bond acceptors (Lipinski definition) is 8. The number of carbonyl (C=O) groups excluding carboxylic acids is 1. The predicted octanol–water partition coefficient (Wildman–Crippen LogP) is 2.03. The Balaban J connectivity index is 2.13. The van der Waals surface area contributed by atoms with Gasteiger partial charge in [0, 0.05) is 13.3 Å². The molecular formula is C20H24N4O4S2. The number of anilines is 1. The number of rotatable bonds is 8. The van der Waals surface area contributed by atoms with E-state index in [0.717, 1.165) is 17.3 Å². The van der Waals surface area contributed by atoms with Crippen LogP contribution in [0.15, 0.2) is 28.0 Å². The fraction of sp³-hybridized carbons (Fsp3) is 0.400. The van der Waals surface area contributed by atoms with Gasteiger partial charge in [-0.2, -0.15) is 0 Å². The molecule has 3 heterocycles. The van der Waals surface area contributed by atoms with Gasteiger partial charge in [0.05, 0.1) is 36.3 Å². The standard InChI is InChI=1S/C20H24N4O4S2/c1-4-13(11-25)21-16-14(18(26)23-7-5-6-12(2)17(23)22-16)10-15-19(27)24(8-9-28-3)20(29)30-15/h5-7,10,13,21,25H,4,8-9,11H2,1-3H3. The Kier molecular flexibility index (Phi) is 7.24. The molecule has 1 amide bonds. The smallest absolute Gasteiger partial charge is 0.267 e. The van der Waals surface area contributed by atoms with Crippen molar-refractivity contribution in [3.63, 3.8) is 0 Å². The summed E-state index contributed by atoms with van der Waals surface area (Å²) in [6.07, 6.45) is 3.82. The molecule has 2 aromatic heterocycles. The third kappa shape index (κ3) is 4.41. The molecule has 1 aliphatic heterocycles. The Labute approximate surface area is 183 Å². The number of hydrogen-bond donors (Lipinski definition) is 2. The second-order valence-corrected chi connectivity index (χ2v) is 8.50. The Morgan fingerprint density at radius 2 is 2.20 bits per heavy atom. The van der Waals surface area contributed by atoms with Crippen molar-refractivity contribution >= 4 is 51.7 Å². The van der Waals surface area contributed by atoms with Crippen molar-refractivity contribution in [1.29, 1.82) is 0 Å². The average Bonchev–Trinajstić information content (AvgIpc) is 3.00. The van der Waals surface area contributed by atoms with Crippen molar-refractivity contribution < 1.29 is 14.6 Å². The summed E-state index contributed by atoms with van der Waals surface area (Å²) in [5.41, 5.74) is 1.30. The lowest BCUT2D eigenvalue weighted by Crippen LogP contribution is -2.31. The first-order valence-electron chi connectivity index (χ1n) is 9.54. The van der Waals surface area contributed by atoms with Crippen molar-refractivity contribution in [2.24, 2.45) is 0 Å². The zero-order valence-electron chi connectivity index (χ0n) is 17.0. The highest BCUT2D eigenvalue weighted by Crippen LogP contribution is 2.33. The molecule has 8 nitrogen and oxygen atoms in total. The molecule has 0 saturated carbocycles. The first kappa shape index (κ1) is 22.4. The largest absolute Gasteiger partial charge is 0.394 e. The number of thiocarbonyl (C=S) groups is 1. The maximum atomic E-state index is 13.3. The minimum Gasteiger partial charge on any atom is -0.394 e. The lowest BCUT2D eigenvalue weighted by molar-refractivity contribution is -0.122. The number of carbonyl (C=O) groups is 1. The van der Waals surface area contributed by atoms with Crippen LogP contribution in [0, 0.1) is 6.92 Å². The average molecular weight is 449 g/mol. The summed E-state index contributed by atoms with van der Waals surface area (Å²) < 4.78 is 6.92. The summed E-state index contributed by atoms with van der Waals surface area (Å²) in [5, 5.41) is 12.8. The van der Waals surface area contributed by atoms with Gasteiger partial charge in [0.15, 0.2) is 0 Å². The number of aliphatic hydroxyl groups is 1. The van der Waals surface area contributed by atoms with Gasteiger partial charge in [0.1, 0.15) is 15.8 Å². The first-order valence-corrected chi connectivity index (χ1v) is 10.8. The van der Waals surface area contributed by atoms with Crippen molar-refractivity contribution in [3.8, 4) is 0 Å². The van der Waals surface area contributed by atoms with E-state index in [-0.39, 0.29) is 29.7 Å². The van der Waals surface area contributed by atoms with Gasteiger partial charge in [-0.1, -0.05) is 37.0 Å². The number of aromatic nitrogens is 2. The summed E-state index contributed by atoms with van der Waals surface area (Å²) in [6.45, 7) is 4.40. The Morgan fingerprint density at radius 1 is 1.43 bits per heavy atom. The molecule has 0 radical (unpaired) electrons. The Bertz CT molecular complexity index is 1060. The van der Waals surface area contributed by atoms with Crippen LogP contribution < -0.4 is 10.9 Å². The Hall–Kier alpha value is -2.27. The molecule has 2 aromatic rings. The zero-order valence-corrected chi connectivity index (χ0v) is 18.7. The van der Waals surface area contributed by atoms with Crippen LogP contribution in [-0.2, 0) is 9.53 Å². The van der Waals surface area contributed by atoms with Crippen LogP contribution in [0.1, 0.15) is 24.5 Å². The molecule has 30 heavy (non-hydrogen) atoms. The maximum Gasteiger partial charge on any atom is 0.267 e. The molecule has 2 N–H and O–H groups in total. The van der Waals surface area contributed by atoms with Crippen LogP contribution in [0.3, 0.4) is 0 Å². The minimum atomic E-state index is -0.304. The molecule has 1 unspecified atom stereocenters. The molecule has 1 saturated heterocycles. The number of methoxy groups -OCH3 is 1. The highest BCUT2D eigenvalue weighted by molar-refractivity contribution is 8.26. The maximum absolute atomic E-state index is 13.3. The fourth-order valence-corrected chi connectivity index (χ4v) is 4.32. The van der Waals surface area contributed by atoms with Gasteiger partial charge in [0.2, 0.25) is 0 Å². The Morgan fingerprint density at radius 3 is 2.87 bits per heavy atom. The second kappa shape index (κ2) is 9.69. The number of aliphatic hydroxyl groups excluding tert-OH is 1. The molecule has 1 atom stereocenters. The molecule has 1 fully saturated rings. The number of nitrogens with zero attached hydrogens (tertiary/aromatic N) is 3. The molecule has 0 aromatic carbocycles. The van der Waals surface area contributed by atoms with Gasteiger partial charge in [0.25, 0.3) is 11.5 Å². The summed E-state index contributed by atoms with van der Waals surface area (Å²) in [7, 11) is 1.56. The monoisotopic (exact) mass is 448 g/mol. The predicted molar refractivity (Wildman–Crippen MR) is 123 cm³/mol. The van der Waals surface area contributed by atoms with Crippen molar-refractivity contribution in [2.75, 3.05) is 32.2 Å². The van der Waals surface area contributed by atoms with Crippen LogP contribution in [0.5, 0.6) is 0 Å². The van der Waals surface area contributed by atoms with E-state index in [1.165, 1.54) is 15.4 Å². The number of pyridine rings is 1. The minimum absolute atomic E-state index is 0.107. The molecule has 0 bridgehead atoms. The lowest BCUT2D eigenvalue weighted by atomic mass is 10.2. The quantitative estimate of drug-likeness (QED) is 0.468. The molecular weight excluding hydrogens is 424 g/mol. The van der Waals surface area contributed by atoms with Gasteiger partial charge in [-0.25, -0.2) is 4.98 Å². The topological polar surface area (TPSA) is 96.2 Å². The van der Waals surface area contributed by atoms with Gasteiger partial charge in [-0.15, -0.1) is 0 Å². The van der Waals surface area contributed by atoms with Gasteiger partial charge >= 0.3 is 0 Å². The SMILES string of the molecule is CCC(CO)Nc1nc2c(C)cccn2c(=O)c1C=C1SC(=S)N(CCOC)C1=O. The lowest BCUT2D eigenvalue weighted by Gasteiger charge is -2.17. The van der Waals surface area contributed by atoms with Crippen molar-refractivity contribution in [3.05, 3.63) is 44.7 Å². The highest BCUT2D eigenvalue weighted by Gasteiger charge is 2.32. The van der Waals surface area contributed by atoms with Crippen LogP contribution >= 0.6 is 24.0 Å². The van der Waals surface area contributed by atoms with E-state index in [0.29, 0.717) is 40.3 Å².